The van der Waals surface area contributed by atoms with Crippen LogP contribution in [0.1, 0.15) is 26.3 Å². The number of carbonyl (C=O) groups is 1. The van der Waals surface area contributed by atoms with E-state index in [1.54, 1.807) is 0 Å². The Bertz CT molecular complexity index is 412. The van der Waals surface area contributed by atoms with Crippen molar-refractivity contribution in [3.63, 3.8) is 0 Å². The van der Waals surface area contributed by atoms with E-state index in [1.807, 2.05) is 45.0 Å². The van der Waals surface area contributed by atoms with Gasteiger partial charge in [-0.3, -0.25) is 0 Å². The Kier molecular flexibility index (Phi) is 5.63. The van der Waals surface area contributed by atoms with Gasteiger partial charge in [0.05, 0.1) is 0 Å². The summed E-state index contributed by atoms with van der Waals surface area (Å²) in [7, 11) is 0. The number of ether oxygens (including phenoxy) is 1. The molecule has 0 bridgehead atoms. The Hall–Kier alpha value is -1.26. The molecule has 106 valence electrons. The Balaban J connectivity index is 2.54. The minimum Gasteiger partial charge on any atom is -0.444 e. The number of benzene rings is 1. The number of halogens is 1. The molecule has 1 aromatic rings. The van der Waals surface area contributed by atoms with Crippen molar-refractivity contribution in [1.29, 1.82) is 0 Å². The van der Waals surface area contributed by atoms with Gasteiger partial charge in [0.2, 0.25) is 0 Å². The maximum absolute atomic E-state index is 11.7. The average Bonchev–Trinajstić information content (AvgIpc) is 2.28. The molecule has 19 heavy (non-hydrogen) atoms. The summed E-state index contributed by atoms with van der Waals surface area (Å²) in [4.78, 5) is 11.7. The zero-order valence-corrected chi connectivity index (χ0v) is 12.3. The molecule has 0 fully saturated rings. The Morgan fingerprint density at radius 1 is 1.37 bits per heavy atom. The summed E-state index contributed by atoms with van der Waals surface area (Å²) in [5.41, 5.74) is 6.22. The van der Waals surface area contributed by atoms with E-state index in [2.05, 4.69) is 5.32 Å². The molecule has 3 N–H and O–H groups in total. The van der Waals surface area contributed by atoms with Crippen LogP contribution in [-0.4, -0.2) is 24.3 Å². The lowest BCUT2D eigenvalue weighted by Gasteiger charge is -2.23. The fourth-order valence-corrected chi connectivity index (χ4v) is 1.70. The topological polar surface area (TPSA) is 64.3 Å². The van der Waals surface area contributed by atoms with Gasteiger partial charge in [-0.15, -0.1) is 0 Å². The molecule has 0 aromatic heterocycles. The fourth-order valence-electron chi connectivity index (χ4n) is 1.57. The highest BCUT2D eigenvalue weighted by atomic mass is 35.5. The van der Waals surface area contributed by atoms with Gasteiger partial charge >= 0.3 is 6.09 Å². The molecule has 1 rings (SSSR count). The van der Waals surface area contributed by atoms with Gasteiger partial charge in [0.15, 0.2) is 0 Å². The molecular formula is C14H21ClN2O2. The van der Waals surface area contributed by atoms with Crippen molar-refractivity contribution in [2.45, 2.75) is 38.8 Å². The normalized spacial score (nSPS) is 12.9. The predicted octanol–water partition coefficient (Wildman–Crippen LogP) is 2.73. The maximum atomic E-state index is 11.7. The lowest BCUT2D eigenvalue weighted by molar-refractivity contribution is 0.0506. The van der Waals surface area contributed by atoms with Crippen LogP contribution in [0, 0.1) is 0 Å². The number of hydrogen-bond donors (Lipinski definition) is 2. The zero-order valence-electron chi connectivity index (χ0n) is 11.6. The van der Waals surface area contributed by atoms with Gasteiger partial charge in [0, 0.05) is 17.6 Å². The molecule has 0 spiro atoms. The lowest BCUT2D eigenvalue weighted by Crippen LogP contribution is -2.44. The molecule has 1 atom stereocenters. The fraction of sp³-hybridized carbons (Fsp3) is 0.500. The SMILES string of the molecule is CC(C)(C)OC(=O)N[C@H](CN)Cc1ccc(Cl)cc1. The van der Waals surface area contributed by atoms with Crippen molar-refractivity contribution in [1.82, 2.24) is 5.32 Å². The first kappa shape index (κ1) is 15.8. The maximum Gasteiger partial charge on any atom is 0.407 e. The molecule has 0 radical (unpaired) electrons. The smallest absolute Gasteiger partial charge is 0.407 e. The summed E-state index contributed by atoms with van der Waals surface area (Å²) in [6, 6.07) is 7.32. The molecule has 0 aliphatic rings. The summed E-state index contributed by atoms with van der Waals surface area (Å²) in [6.07, 6.45) is 0.198. The van der Waals surface area contributed by atoms with Crippen LogP contribution < -0.4 is 11.1 Å². The highest BCUT2D eigenvalue weighted by molar-refractivity contribution is 6.30. The quantitative estimate of drug-likeness (QED) is 0.893. The number of rotatable bonds is 4. The third kappa shape index (κ3) is 6.45. The second kappa shape index (κ2) is 6.78. The summed E-state index contributed by atoms with van der Waals surface area (Å²) >= 11 is 5.82. The Morgan fingerprint density at radius 3 is 2.42 bits per heavy atom. The van der Waals surface area contributed by atoms with Crippen molar-refractivity contribution in [2.24, 2.45) is 5.73 Å². The van der Waals surface area contributed by atoms with Gasteiger partial charge in [-0.2, -0.15) is 0 Å². The van der Waals surface area contributed by atoms with Crippen LogP contribution in [0.2, 0.25) is 5.02 Å². The predicted molar refractivity (Wildman–Crippen MR) is 77.4 cm³/mol. The molecule has 0 saturated heterocycles. The van der Waals surface area contributed by atoms with Crippen molar-refractivity contribution in [3.8, 4) is 0 Å². The number of amides is 1. The van der Waals surface area contributed by atoms with Gasteiger partial charge < -0.3 is 15.8 Å². The van der Waals surface area contributed by atoms with Crippen LogP contribution in [-0.2, 0) is 11.2 Å². The first-order valence-corrected chi connectivity index (χ1v) is 6.62. The number of nitrogens with two attached hydrogens (primary N) is 1. The molecule has 1 aromatic carbocycles. The molecule has 0 aliphatic carbocycles. The number of nitrogens with one attached hydrogen (secondary N) is 1. The zero-order chi connectivity index (χ0) is 14.5. The van der Waals surface area contributed by atoms with Crippen molar-refractivity contribution in [2.75, 3.05) is 6.54 Å². The summed E-state index contributed by atoms with van der Waals surface area (Å²) in [5, 5.41) is 3.46. The van der Waals surface area contributed by atoms with Gasteiger partial charge in [-0.25, -0.2) is 4.79 Å². The van der Waals surface area contributed by atoms with Crippen molar-refractivity contribution in [3.05, 3.63) is 34.9 Å². The first-order valence-electron chi connectivity index (χ1n) is 6.24. The van der Waals surface area contributed by atoms with E-state index >= 15 is 0 Å². The van der Waals surface area contributed by atoms with Crippen LogP contribution in [0.5, 0.6) is 0 Å². The molecule has 0 aliphatic heterocycles. The minimum atomic E-state index is -0.510. The van der Waals surface area contributed by atoms with E-state index in [-0.39, 0.29) is 6.04 Å². The minimum absolute atomic E-state index is 0.156. The van der Waals surface area contributed by atoms with E-state index in [0.717, 1.165) is 5.56 Å². The monoisotopic (exact) mass is 284 g/mol. The average molecular weight is 285 g/mol. The van der Waals surface area contributed by atoms with E-state index in [0.29, 0.717) is 18.0 Å². The first-order chi connectivity index (χ1) is 8.80. The molecule has 1 amide bonds. The summed E-state index contributed by atoms with van der Waals surface area (Å²) in [5.74, 6) is 0. The molecule has 5 heteroatoms. The van der Waals surface area contributed by atoms with E-state index < -0.39 is 11.7 Å². The largest absolute Gasteiger partial charge is 0.444 e. The number of carbonyl (C=O) groups excluding carboxylic acids is 1. The van der Waals surface area contributed by atoms with Crippen LogP contribution >= 0.6 is 11.6 Å². The van der Waals surface area contributed by atoms with Gasteiger partial charge in [0.25, 0.3) is 0 Å². The molecule has 0 unspecified atom stereocenters. The second-order valence-electron chi connectivity index (χ2n) is 5.41. The molecular weight excluding hydrogens is 264 g/mol. The highest BCUT2D eigenvalue weighted by Gasteiger charge is 2.18. The van der Waals surface area contributed by atoms with Crippen LogP contribution in [0.4, 0.5) is 4.79 Å². The summed E-state index contributed by atoms with van der Waals surface area (Å²) in [6.45, 7) is 5.82. The van der Waals surface area contributed by atoms with Gasteiger partial charge in [-0.05, 0) is 44.9 Å². The molecule has 4 nitrogen and oxygen atoms in total. The lowest BCUT2D eigenvalue weighted by atomic mass is 10.1. The second-order valence-corrected chi connectivity index (χ2v) is 5.85. The van der Waals surface area contributed by atoms with Crippen LogP contribution in [0.25, 0.3) is 0 Å². The third-order valence-electron chi connectivity index (χ3n) is 2.40. The van der Waals surface area contributed by atoms with E-state index in [4.69, 9.17) is 22.1 Å². The Morgan fingerprint density at radius 2 is 1.95 bits per heavy atom. The van der Waals surface area contributed by atoms with Crippen molar-refractivity contribution >= 4 is 17.7 Å². The molecule has 0 heterocycles. The molecule has 0 saturated carbocycles. The third-order valence-corrected chi connectivity index (χ3v) is 2.65. The highest BCUT2D eigenvalue weighted by Crippen LogP contribution is 2.11. The number of alkyl carbamates (subject to hydrolysis) is 1. The van der Waals surface area contributed by atoms with Crippen LogP contribution in [0.3, 0.4) is 0 Å². The van der Waals surface area contributed by atoms with Crippen LogP contribution in [0.15, 0.2) is 24.3 Å². The summed E-state index contributed by atoms with van der Waals surface area (Å²) < 4.78 is 5.20. The number of hydrogen-bond acceptors (Lipinski definition) is 3. The van der Waals surface area contributed by atoms with Gasteiger partial charge in [0.1, 0.15) is 5.60 Å². The standard InChI is InChI=1S/C14H21ClN2O2/c1-14(2,3)19-13(18)17-12(9-16)8-10-4-6-11(15)7-5-10/h4-7,12H,8-9,16H2,1-3H3,(H,17,18)/t12-/m0/s1. The van der Waals surface area contributed by atoms with E-state index in [1.165, 1.54) is 0 Å². The Labute approximate surface area is 119 Å². The van der Waals surface area contributed by atoms with E-state index in [9.17, 15) is 4.79 Å². The van der Waals surface area contributed by atoms with Crippen molar-refractivity contribution < 1.29 is 9.53 Å². The van der Waals surface area contributed by atoms with Gasteiger partial charge in [-0.1, -0.05) is 23.7 Å².